The molecule has 0 N–H and O–H groups in total. The van der Waals surface area contributed by atoms with Gasteiger partial charge in [-0.2, -0.15) is 0 Å². The molecule has 0 fully saturated rings. The van der Waals surface area contributed by atoms with Gasteiger partial charge in [-0.3, -0.25) is 9.59 Å². The molecule has 0 aromatic heterocycles. The van der Waals surface area contributed by atoms with E-state index in [9.17, 15) is 9.59 Å². The standard InChI is InChI=1S/C16H16O2/c1-11(17)16(12(2)18)10-13-7-8-14-5-3-4-6-15(14)9-13/h3-9,16H,10H2,1-2H3. The lowest BCUT2D eigenvalue weighted by Crippen LogP contribution is -2.21. The molecular weight excluding hydrogens is 224 g/mol. The van der Waals surface area contributed by atoms with E-state index in [0.29, 0.717) is 6.42 Å². The Balaban J connectivity index is 2.31. The van der Waals surface area contributed by atoms with Crippen molar-refractivity contribution in [2.45, 2.75) is 20.3 Å². The highest BCUT2D eigenvalue weighted by Crippen LogP contribution is 2.18. The molecule has 2 aromatic carbocycles. The molecule has 2 rings (SSSR count). The zero-order valence-electron chi connectivity index (χ0n) is 10.6. The summed E-state index contributed by atoms with van der Waals surface area (Å²) in [5.41, 5.74) is 1.03. The van der Waals surface area contributed by atoms with Gasteiger partial charge in [0.05, 0.1) is 5.92 Å². The largest absolute Gasteiger partial charge is 0.299 e. The fourth-order valence-corrected chi connectivity index (χ4v) is 2.18. The van der Waals surface area contributed by atoms with Crippen LogP contribution in [-0.2, 0) is 16.0 Å². The van der Waals surface area contributed by atoms with Gasteiger partial charge in [-0.25, -0.2) is 0 Å². The van der Waals surface area contributed by atoms with Gasteiger partial charge in [0.25, 0.3) is 0 Å². The minimum atomic E-state index is -0.508. The molecule has 0 aliphatic rings. The van der Waals surface area contributed by atoms with Crippen LogP contribution in [0.1, 0.15) is 19.4 Å². The van der Waals surface area contributed by atoms with Crippen molar-refractivity contribution in [2.24, 2.45) is 5.92 Å². The molecule has 0 heterocycles. The molecule has 0 aliphatic heterocycles. The van der Waals surface area contributed by atoms with Crippen LogP contribution in [0.3, 0.4) is 0 Å². The summed E-state index contributed by atoms with van der Waals surface area (Å²) in [6.45, 7) is 2.96. The van der Waals surface area contributed by atoms with Crippen LogP contribution in [-0.4, -0.2) is 11.6 Å². The summed E-state index contributed by atoms with van der Waals surface area (Å²) >= 11 is 0. The van der Waals surface area contributed by atoms with Crippen molar-refractivity contribution >= 4 is 22.3 Å². The predicted molar refractivity (Wildman–Crippen MR) is 72.5 cm³/mol. The summed E-state index contributed by atoms with van der Waals surface area (Å²) in [6.07, 6.45) is 0.496. The first-order valence-corrected chi connectivity index (χ1v) is 6.06. The second-order valence-corrected chi connectivity index (χ2v) is 4.66. The van der Waals surface area contributed by atoms with Crippen LogP contribution >= 0.6 is 0 Å². The van der Waals surface area contributed by atoms with Crippen molar-refractivity contribution in [2.75, 3.05) is 0 Å². The molecule has 0 bridgehead atoms. The smallest absolute Gasteiger partial charge is 0.140 e. The van der Waals surface area contributed by atoms with Crippen molar-refractivity contribution in [3.63, 3.8) is 0 Å². The summed E-state index contributed by atoms with van der Waals surface area (Å²) < 4.78 is 0. The first kappa shape index (κ1) is 12.5. The molecule has 0 atom stereocenters. The van der Waals surface area contributed by atoms with Crippen LogP contribution in [0.2, 0.25) is 0 Å². The number of fused-ring (bicyclic) bond motifs is 1. The van der Waals surface area contributed by atoms with E-state index in [-0.39, 0.29) is 11.6 Å². The molecule has 18 heavy (non-hydrogen) atoms. The van der Waals surface area contributed by atoms with Gasteiger partial charge in [0, 0.05) is 0 Å². The topological polar surface area (TPSA) is 34.1 Å². The van der Waals surface area contributed by atoms with E-state index in [1.807, 2.05) is 42.5 Å². The lowest BCUT2D eigenvalue weighted by molar-refractivity contribution is -0.130. The Bertz CT molecular complexity index is 585. The van der Waals surface area contributed by atoms with Crippen LogP contribution in [0.5, 0.6) is 0 Å². The van der Waals surface area contributed by atoms with Gasteiger partial charge in [0.1, 0.15) is 11.6 Å². The summed E-state index contributed by atoms with van der Waals surface area (Å²) in [5.74, 6) is -0.627. The van der Waals surface area contributed by atoms with Gasteiger partial charge in [-0.1, -0.05) is 42.5 Å². The lowest BCUT2D eigenvalue weighted by Gasteiger charge is -2.10. The highest BCUT2D eigenvalue weighted by atomic mass is 16.1. The van der Waals surface area contributed by atoms with E-state index < -0.39 is 5.92 Å². The van der Waals surface area contributed by atoms with E-state index in [4.69, 9.17) is 0 Å². The zero-order valence-corrected chi connectivity index (χ0v) is 10.6. The Kier molecular flexibility index (Phi) is 3.56. The summed E-state index contributed by atoms with van der Waals surface area (Å²) in [7, 11) is 0. The Morgan fingerprint density at radius 1 is 0.944 bits per heavy atom. The zero-order chi connectivity index (χ0) is 13.1. The molecular formula is C16H16O2. The normalized spacial score (nSPS) is 10.8. The molecule has 0 aliphatic carbocycles. The van der Waals surface area contributed by atoms with Crippen LogP contribution in [0, 0.1) is 5.92 Å². The van der Waals surface area contributed by atoms with Crippen molar-refractivity contribution in [1.82, 2.24) is 0 Å². The van der Waals surface area contributed by atoms with Gasteiger partial charge in [0.2, 0.25) is 0 Å². The van der Waals surface area contributed by atoms with Gasteiger partial charge in [0.15, 0.2) is 0 Å². The highest BCUT2D eigenvalue weighted by molar-refractivity contribution is 6.00. The molecule has 0 amide bonds. The van der Waals surface area contributed by atoms with E-state index in [2.05, 4.69) is 0 Å². The maximum absolute atomic E-state index is 11.4. The van der Waals surface area contributed by atoms with Gasteiger partial charge in [-0.15, -0.1) is 0 Å². The van der Waals surface area contributed by atoms with E-state index >= 15 is 0 Å². The molecule has 2 nitrogen and oxygen atoms in total. The monoisotopic (exact) mass is 240 g/mol. The molecule has 0 spiro atoms. The molecule has 2 heteroatoms. The average Bonchev–Trinajstić information content (AvgIpc) is 2.35. The maximum atomic E-state index is 11.4. The minimum absolute atomic E-state index is 0.0596. The summed E-state index contributed by atoms with van der Waals surface area (Å²) in [6, 6.07) is 14.1. The summed E-state index contributed by atoms with van der Waals surface area (Å²) in [5, 5.41) is 2.31. The third kappa shape index (κ3) is 2.65. The summed E-state index contributed by atoms with van der Waals surface area (Å²) in [4.78, 5) is 22.9. The van der Waals surface area contributed by atoms with Crippen molar-refractivity contribution in [3.8, 4) is 0 Å². The van der Waals surface area contributed by atoms with Gasteiger partial charge < -0.3 is 0 Å². The quantitative estimate of drug-likeness (QED) is 0.769. The van der Waals surface area contributed by atoms with E-state index in [1.54, 1.807) is 0 Å². The molecule has 0 saturated heterocycles. The second kappa shape index (κ2) is 5.13. The Labute approximate surface area is 107 Å². The number of Topliss-reactive ketones (excluding diaryl/α,β-unsaturated/α-hetero) is 2. The van der Waals surface area contributed by atoms with E-state index in [0.717, 1.165) is 10.9 Å². The van der Waals surface area contributed by atoms with Gasteiger partial charge in [-0.05, 0) is 36.6 Å². The van der Waals surface area contributed by atoms with Crippen molar-refractivity contribution in [3.05, 3.63) is 48.0 Å². The number of ketones is 2. The number of hydrogen-bond acceptors (Lipinski definition) is 2. The third-order valence-electron chi connectivity index (χ3n) is 3.24. The minimum Gasteiger partial charge on any atom is -0.299 e. The Morgan fingerprint density at radius 2 is 1.56 bits per heavy atom. The molecule has 0 unspecified atom stereocenters. The number of carbonyl (C=O) groups is 2. The fourth-order valence-electron chi connectivity index (χ4n) is 2.18. The Hall–Kier alpha value is -1.96. The Morgan fingerprint density at radius 3 is 2.17 bits per heavy atom. The van der Waals surface area contributed by atoms with Crippen LogP contribution in [0.4, 0.5) is 0 Å². The number of rotatable bonds is 4. The average molecular weight is 240 g/mol. The lowest BCUT2D eigenvalue weighted by atomic mass is 9.92. The first-order valence-electron chi connectivity index (χ1n) is 6.06. The SMILES string of the molecule is CC(=O)C(Cc1ccc2ccccc2c1)C(C)=O. The number of hydrogen-bond donors (Lipinski definition) is 0. The fraction of sp³-hybridized carbons (Fsp3) is 0.250. The highest BCUT2D eigenvalue weighted by Gasteiger charge is 2.19. The molecule has 0 saturated carbocycles. The van der Waals surface area contributed by atoms with Gasteiger partial charge >= 0.3 is 0 Å². The first-order chi connectivity index (χ1) is 8.58. The number of benzene rings is 2. The van der Waals surface area contributed by atoms with E-state index in [1.165, 1.54) is 19.2 Å². The maximum Gasteiger partial charge on any atom is 0.140 e. The molecule has 92 valence electrons. The van der Waals surface area contributed by atoms with Crippen LogP contribution in [0.15, 0.2) is 42.5 Å². The van der Waals surface area contributed by atoms with Crippen molar-refractivity contribution in [1.29, 1.82) is 0 Å². The third-order valence-corrected chi connectivity index (χ3v) is 3.24. The molecule has 2 aromatic rings. The van der Waals surface area contributed by atoms with Crippen LogP contribution < -0.4 is 0 Å². The van der Waals surface area contributed by atoms with Crippen molar-refractivity contribution < 1.29 is 9.59 Å². The number of carbonyl (C=O) groups excluding carboxylic acids is 2. The predicted octanol–water partition coefficient (Wildman–Crippen LogP) is 3.18. The second-order valence-electron chi connectivity index (χ2n) is 4.66. The van der Waals surface area contributed by atoms with Crippen LogP contribution in [0.25, 0.3) is 10.8 Å². The molecule has 0 radical (unpaired) electrons.